The van der Waals surface area contributed by atoms with Gasteiger partial charge in [-0.05, 0) is 92.2 Å². The molecule has 0 aromatic carbocycles. The van der Waals surface area contributed by atoms with Crippen molar-refractivity contribution in [3.63, 3.8) is 0 Å². The van der Waals surface area contributed by atoms with Crippen LogP contribution in [0.3, 0.4) is 0 Å². The molecule has 0 heterocycles. The summed E-state index contributed by atoms with van der Waals surface area (Å²) in [7, 11) is 1.69. The Balaban J connectivity index is 2.01. The predicted molar refractivity (Wildman–Crippen MR) is 135 cm³/mol. The average Bonchev–Trinajstić information content (AvgIpc) is 2.77. The summed E-state index contributed by atoms with van der Waals surface area (Å²) in [6, 6.07) is 0. The molecular formula is C28H44O6. The molecule has 2 aliphatic rings. The summed E-state index contributed by atoms with van der Waals surface area (Å²) in [6.07, 6.45) is 11.3. The first-order chi connectivity index (χ1) is 15.9. The summed E-state index contributed by atoms with van der Waals surface area (Å²) in [6.45, 7) is 8.15. The third-order valence-electron chi connectivity index (χ3n) is 6.84. The highest BCUT2D eigenvalue weighted by Crippen LogP contribution is 2.30. The van der Waals surface area contributed by atoms with Crippen LogP contribution in [0.2, 0.25) is 0 Å². The summed E-state index contributed by atoms with van der Waals surface area (Å²) in [5.74, 6) is 0. The molecule has 0 spiro atoms. The normalized spacial score (nSPS) is 26.3. The summed E-state index contributed by atoms with van der Waals surface area (Å²) in [4.78, 5) is 0. The van der Waals surface area contributed by atoms with Crippen LogP contribution >= 0.6 is 0 Å². The molecule has 192 valence electrons. The summed E-state index contributed by atoms with van der Waals surface area (Å²) in [5, 5.41) is 51.7. The van der Waals surface area contributed by atoms with Crippen LogP contribution in [0.1, 0.15) is 66.2 Å². The van der Waals surface area contributed by atoms with E-state index in [0.717, 1.165) is 36.8 Å². The predicted octanol–water partition coefficient (Wildman–Crippen LogP) is 3.50. The van der Waals surface area contributed by atoms with Gasteiger partial charge in [0.2, 0.25) is 0 Å². The van der Waals surface area contributed by atoms with Crippen molar-refractivity contribution in [1.29, 1.82) is 0 Å². The number of ether oxygens (including phenoxy) is 1. The quantitative estimate of drug-likeness (QED) is 0.276. The van der Waals surface area contributed by atoms with E-state index in [4.69, 9.17) is 4.74 Å². The van der Waals surface area contributed by atoms with Gasteiger partial charge in [-0.3, -0.25) is 0 Å². The van der Waals surface area contributed by atoms with E-state index in [9.17, 15) is 25.5 Å². The van der Waals surface area contributed by atoms with Gasteiger partial charge >= 0.3 is 0 Å². The number of aliphatic hydroxyl groups excluding tert-OH is 5. The van der Waals surface area contributed by atoms with Crippen LogP contribution in [0.5, 0.6) is 0 Å². The molecule has 0 fully saturated rings. The molecule has 34 heavy (non-hydrogen) atoms. The lowest BCUT2D eigenvalue weighted by molar-refractivity contribution is 0.0137. The minimum atomic E-state index is -0.838. The third-order valence-corrected chi connectivity index (χ3v) is 6.84. The van der Waals surface area contributed by atoms with Crippen molar-refractivity contribution < 1.29 is 30.3 Å². The van der Waals surface area contributed by atoms with E-state index in [2.05, 4.69) is 0 Å². The zero-order chi connectivity index (χ0) is 25.5. The molecule has 6 nitrogen and oxygen atoms in total. The molecule has 0 saturated heterocycles. The van der Waals surface area contributed by atoms with Crippen molar-refractivity contribution >= 4 is 0 Å². The number of methoxy groups -OCH3 is 1. The largest absolute Gasteiger partial charge is 0.396 e. The smallest absolute Gasteiger partial charge is 0.1000 e. The van der Waals surface area contributed by atoms with Gasteiger partial charge in [-0.1, -0.05) is 38.2 Å². The zero-order valence-corrected chi connectivity index (χ0v) is 21.4. The molecule has 6 heteroatoms. The number of aliphatic hydroxyl groups is 5. The van der Waals surface area contributed by atoms with Gasteiger partial charge in [0.05, 0.1) is 30.0 Å². The molecule has 0 saturated carbocycles. The molecule has 4 atom stereocenters. The Hall–Kier alpha value is -1.54. The van der Waals surface area contributed by atoms with Crippen molar-refractivity contribution in [2.45, 2.75) is 96.2 Å². The molecule has 0 aromatic heterocycles. The highest BCUT2D eigenvalue weighted by Gasteiger charge is 2.25. The fraction of sp³-hybridized carbons (Fsp3) is 0.643. The maximum atomic E-state index is 10.9. The number of hydrogen-bond donors (Lipinski definition) is 5. The van der Waals surface area contributed by atoms with Gasteiger partial charge in [0, 0.05) is 13.7 Å². The lowest BCUT2D eigenvalue weighted by Crippen LogP contribution is -2.24. The minimum absolute atomic E-state index is 0.106. The van der Waals surface area contributed by atoms with Crippen LogP contribution in [-0.2, 0) is 4.74 Å². The van der Waals surface area contributed by atoms with Crippen molar-refractivity contribution in [1.82, 2.24) is 0 Å². The average molecular weight is 477 g/mol. The Morgan fingerprint density at radius 2 is 1.21 bits per heavy atom. The van der Waals surface area contributed by atoms with E-state index in [1.165, 1.54) is 0 Å². The fourth-order valence-electron chi connectivity index (χ4n) is 4.32. The molecule has 2 rings (SSSR count). The molecule has 0 bridgehead atoms. The second-order valence-corrected chi connectivity index (χ2v) is 10.9. The second kappa shape index (κ2) is 12.4. The van der Waals surface area contributed by atoms with Crippen molar-refractivity contribution in [2.75, 3.05) is 13.7 Å². The Kier molecular flexibility index (Phi) is 10.5. The van der Waals surface area contributed by atoms with Crippen LogP contribution in [0.4, 0.5) is 0 Å². The minimum Gasteiger partial charge on any atom is -0.396 e. The van der Waals surface area contributed by atoms with Crippen LogP contribution in [-0.4, -0.2) is 69.3 Å². The molecule has 5 N–H and O–H groups in total. The SMILES string of the molecule is COC(C)(C)CCCC1=CC(O)C=C(/C=C\C2=CC(O)C=C(CCCC(C)(C)CO)C2O)C1O. The Labute approximate surface area is 204 Å². The van der Waals surface area contributed by atoms with Crippen LogP contribution in [0.25, 0.3) is 0 Å². The van der Waals surface area contributed by atoms with Gasteiger partial charge in [-0.2, -0.15) is 0 Å². The molecular weight excluding hydrogens is 432 g/mol. The van der Waals surface area contributed by atoms with Gasteiger partial charge < -0.3 is 30.3 Å². The molecule has 0 amide bonds. The number of rotatable bonds is 12. The highest BCUT2D eigenvalue weighted by molar-refractivity contribution is 5.44. The Bertz CT molecular complexity index is 762. The van der Waals surface area contributed by atoms with Crippen molar-refractivity contribution in [3.05, 3.63) is 58.7 Å². The monoisotopic (exact) mass is 476 g/mol. The standard InChI is InChI=1S/C28H44O6/c1-27(2,18-29)12-6-8-19-14-23(30)16-21(25(19)32)10-11-22-17-24(31)15-20(26(22)33)9-7-13-28(3,4)34-5/h10-11,14-17,23-26,29-33H,6-9,12-13,18H2,1-5H3/b11-10-. The third kappa shape index (κ3) is 8.59. The Morgan fingerprint density at radius 3 is 1.62 bits per heavy atom. The van der Waals surface area contributed by atoms with Crippen LogP contribution < -0.4 is 0 Å². The van der Waals surface area contributed by atoms with Gasteiger partial charge in [-0.15, -0.1) is 0 Å². The first-order valence-corrected chi connectivity index (χ1v) is 12.3. The first kappa shape index (κ1) is 28.7. The van der Waals surface area contributed by atoms with E-state index in [-0.39, 0.29) is 17.6 Å². The lowest BCUT2D eigenvalue weighted by atomic mass is 9.84. The number of hydrogen-bond acceptors (Lipinski definition) is 6. The second-order valence-electron chi connectivity index (χ2n) is 10.9. The van der Waals surface area contributed by atoms with Gasteiger partial charge in [0.25, 0.3) is 0 Å². The summed E-state index contributed by atoms with van der Waals surface area (Å²) in [5.41, 5.74) is 2.24. The molecule has 2 aliphatic carbocycles. The van der Waals surface area contributed by atoms with Crippen molar-refractivity contribution in [3.8, 4) is 0 Å². The maximum absolute atomic E-state index is 10.9. The van der Waals surface area contributed by atoms with Gasteiger partial charge in [-0.25, -0.2) is 0 Å². The molecule has 0 radical (unpaired) electrons. The highest BCUT2D eigenvalue weighted by atomic mass is 16.5. The Morgan fingerprint density at radius 1 is 0.765 bits per heavy atom. The van der Waals surface area contributed by atoms with E-state index < -0.39 is 24.4 Å². The topological polar surface area (TPSA) is 110 Å². The van der Waals surface area contributed by atoms with Gasteiger partial charge in [0.15, 0.2) is 0 Å². The summed E-state index contributed by atoms with van der Waals surface area (Å²) >= 11 is 0. The van der Waals surface area contributed by atoms with Crippen molar-refractivity contribution in [2.24, 2.45) is 5.41 Å². The summed E-state index contributed by atoms with van der Waals surface area (Å²) < 4.78 is 5.46. The molecule has 4 unspecified atom stereocenters. The van der Waals surface area contributed by atoms with E-state index >= 15 is 0 Å². The lowest BCUT2D eigenvalue weighted by Gasteiger charge is -2.27. The fourth-order valence-corrected chi connectivity index (χ4v) is 4.32. The van der Waals surface area contributed by atoms with Gasteiger partial charge in [0.1, 0.15) is 0 Å². The van der Waals surface area contributed by atoms with Crippen LogP contribution in [0.15, 0.2) is 58.7 Å². The van der Waals surface area contributed by atoms with E-state index in [0.29, 0.717) is 24.0 Å². The molecule has 0 aromatic rings. The zero-order valence-electron chi connectivity index (χ0n) is 21.4. The first-order valence-electron chi connectivity index (χ1n) is 12.3. The molecule has 0 aliphatic heterocycles. The van der Waals surface area contributed by atoms with E-state index in [1.807, 2.05) is 27.7 Å². The van der Waals surface area contributed by atoms with E-state index in [1.54, 1.807) is 43.6 Å². The maximum Gasteiger partial charge on any atom is 0.1000 e. The van der Waals surface area contributed by atoms with Crippen LogP contribution in [0, 0.1) is 5.41 Å².